The highest BCUT2D eigenvalue weighted by Crippen LogP contribution is 2.38. The maximum absolute atomic E-state index is 5.12. The normalized spacial score (nSPS) is 17.8. The summed E-state index contributed by atoms with van der Waals surface area (Å²) in [5.74, 6) is 0.738. The molecule has 5 heteroatoms. The fourth-order valence-corrected chi connectivity index (χ4v) is 5.18. The van der Waals surface area contributed by atoms with Crippen LogP contribution < -0.4 is 4.90 Å². The van der Waals surface area contributed by atoms with Gasteiger partial charge in [-0.3, -0.25) is 0 Å². The molecule has 0 saturated carbocycles. The van der Waals surface area contributed by atoms with Crippen LogP contribution in [0.1, 0.15) is 18.4 Å². The second-order valence-electron chi connectivity index (χ2n) is 8.88. The summed E-state index contributed by atoms with van der Waals surface area (Å²) in [5, 5.41) is 11.0. The van der Waals surface area contributed by atoms with Gasteiger partial charge in [-0.2, -0.15) is 0 Å². The van der Waals surface area contributed by atoms with Crippen molar-refractivity contribution in [2.75, 3.05) is 37.6 Å². The Kier molecular flexibility index (Phi) is 4.23. The van der Waals surface area contributed by atoms with Crippen LogP contribution in [0.2, 0.25) is 0 Å². The summed E-state index contributed by atoms with van der Waals surface area (Å²) >= 11 is 0. The molecular weight excluding hydrogens is 372 g/mol. The second kappa shape index (κ2) is 7.10. The Morgan fingerprint density at radius 1 is 0.967 bits per heavy atom. The van der Waals surface area contributed by atoms with Crippen molar-refractivity contribution in [2.45, 2.75) is 19.8 Å². The van der Waals surface area contributed by atoms with Crippen LogP contribution in [0.25, 0.3) is 32.9 Å². The summed E-state index contributed by atoms with van der Waals surface area (Å²) in [6, 6.07) is 17.4. The lowest BCUT2D eigenvalue weighted by Gasteiger charge is -2.42. The first-order chi connectivity index (χ1) is 14.8. The summed E-state index contributed by atoms with van der Waals surface area (Å²) in [6.07, 6.45) is 2.71. The van der Waals surface area contributed by atoms with E-state index in [1.54, 1.807) is 0 Å². The van der Waals surface area contributed by atoms with E-state index in [1.165, 1.54) is 59.9 Å². The minimum Gasteiger partial charge on any atom is -0.369 e. The molecule has 0 radical (unpaired) electrons. The van der Waals surface area contributed by atoms with E-state index < -0.39 is 0 Å². The van der Waals surface area contributed by atoms with Gasteiger partial charge in [-0.15, -0.1) is 0 Å². The Morgan fingerprint density at radius 3 is 2.60 bits per heavy atom. The van der Waals surface area contributed by atoms with Gasteiger partial charge in [0.1, 0.15) is 5.52 Å². The minimum atomic E-state index is 0.738. The molecule has 30 heavy (non-hydrogen) atoms. The molecule has 3 aromatic carbocycles. The van der Waals surface area contributed by atoms with E-state index in [1.807, 2.05) is 0 Å². The van der Waals surface area contributed by atoms with E-state index in [-0.39, 0.29) is 0 Å². The van der Waals surface area contributed by atoms with Crippen LogP contribution in [0.5, 0.6) is 0 Å². The van der Waals surface area contributed by atoms with Crippen molar-refractivity contribution in [1.82, 2.24) is 15.2 Å². The number of rotatable bonds is 4. The van der Waals surface area contributed by atoms with E-state index in [4.69, 9.17) is 4.63 Å². The average Bonchev–Trinajstić information content (AvgIpc) is 3.42. The Bertz CT molecular complexity index is 1220. The van der Waals surface area contributed by atoms with E-state index >= 15 is 0 Å². The molecule has 0 amide bonds. The molecule has 1 aromatic heterocycles. The zero-order chi connectivity index (χ0) is 20.1. The van der Waals surface area contributed by atoms with Crippen molar-refractivity contribution in [3.8, 4) is 11.1 Å². The standard InChI is InChI=1S/C25H26N4O/c1-17-8-9-21(22-7-3-2-6-20(17)22)19-12-23-25(27-30-26-23)24(13-19)29-15-18(16-29)14-28-10-4-5-11-28/h2-3,6-9,12-13,18H,4-5,10-11,14-16H2,1H3. The predicted molar refractivity (Wildman–Crippen MR) is 121 cm³/mol. The number of nitrogens with zero attached hydrogens (tertiary/aromatic N) is 4. The maximum Gasteiger partial charge on any atom is 0.158 e. The third-order valence-electron chi connectivity index (χ3n) is 6.81. The molecule has 152 valence electrons. The highest BCUT2D eigenvalue weighted by atomic mass is 16.6. The SMILES string of the molecule is Cc1ccc(-c2cc(N3CC(CN4CCCC4)C3)c3nonc3c2)c2ccccc12. The van der Waals surface area contributed by atoms with Crippen molar-refractivity contribution in [2.24, 2.45) is 5.92 Å². The zero-order valence-electron chi connectivity index (χ0n) is 17.3. The monoisotopic (exact) mass is 398 g/mol. The molecule has 2 aliphatic heterocycles. The first kappa shape index (κ1) is 17.9. The molecule has 4 aromatic rings. The molecule has 2 saturated heterocycles. The van der Waals surface area contributed by atoms with Gasteiger partial charge in [0.25, 0.3) is 0 Å². The first-order valence-electron chi connectivity index (χ1n) is 11.0. The van der Waals surface area contributed by atoms with Gasteiger partial charge in [0.15, 0.2) is 5.52 Å². The molecule has 0 N–H and O–H groups in total. The molecule has 0 aliphatic carbocycles. The lowest BCUT2D eigenvalue weighted by molar-refractivity contribution is 0.247. The molecule has 2 fully saturated rings. The van der Waals surface area contributed by atoms with Crippen LogP contribution >= 0.6 is 0 Å². The van der Waals surface area contributed by atoms with Crippen LogP contribution in [0.3, 0.4) is 0 Å². The zero-order valence-corrected chi connectivity index (χ0v) is 17.3. The third-order valence-corrected chi connectivity index (χ3v) is 6.81. The van der Waals surface area contributed by atoms with Gasteiger partial charge in [0.2, 0.25) is 0 Å². The number of fused-ring (bicyclic) bond motifs is 2. The molecule has 0 spiro atoms. The lowest BCUT2D eigenvalue weighted by Crippen LogP contribution is -2.51. The quantitative estimate of drug-likeness (QED) is 0.490. The van der Waals surface area contributed by atoms with Gasteiger partial charge >= 0.3 is 0 Å². The van der Waals surface area contributed by atoms with Gasteiger partial charge < -0.3 is 9.80 Å². The Balaban J connectivity index is 1.36. The van der Waals surface area contributed by atoms with Gasteiger partial charge in [-0.25, -0.2) is 4.63 Å². The van der Waals surface area contributed by atoms with E-state index in [0.29, 0.717) is 0 Å². The van der Waals surface area contributed by atoms with Crippen molar-refractivity contribution in [1.29, 1.82) is 0 Å². The summed E-state index contributed by atoms with van der Waals surface area (Å²) in [7, 11) is 0. The number of likely N-dealkylation sites (tertiary alicyclic amines) is 1. The average molecular weight is 399 g/mol. The number of hydrogen-bond acceptors (Lipinski definition) is 5. The summed E-state index contributed by atoms with van der Waals surface area (Å²) in [5.41, 5.74) is 6.55. The smallest absolute Gasteiger partial charge is 0.158 e. The van der Waals surface area contributed by atoms with Gasteiger partial charge in [0, 0.05) is 25.6 Å². The summed E-state index contributed by atoms with van der Waals surface area (Å²) in [6.45, 7) is 8.09. The number of aryl methyl sites for hydroxylation is 1. The number of benzene rings is 3. The van der Waals surface area contributed by atoms with Gasteiger partial charge in [-0.05, 0) is 82.8 Å². The van der Waals surface area contributed by atoms with E-state index in [2.05, 4.69) is 75.6 Å². The number of anilines is 1. The molecule has 2 aliphatic rings. The predicted octanol–water partition coefficient (Wildman–Crippen LogP) is 4.88. The van der Waals surface area contributed by atoms with Gasteiger partial charge in [0.05, 0.1) is 5.69 Å². The molecule has 0 atom stereocenters. The highest BCUT2D eigenvalue weighted by Gasteiger charge is 2.31. The lowest BCUT2D eigenvalue weighted by atomic mass is 9.93. The Morgan fingerprint density at radius 2 is 1.77 bits per heavy atom. The minimum absolute atomic E-state index is 0.738. The van der Waals surface area contributed by atoms with Crippen molar-refractivity contribution in [3.63, 3.8) is 0 Å². The van der Waals surface area contributed by atoms with Crippen LogP contribution in [-0.2, 0) is 0 Å². The second-order valence-corrected chi connectivity index (χ2v) is 8.88. The van der Waals surface area contributed by atoms with Crippen LogP contribution in [0.4, 0.5) is 5.69 Å². The van der Waals surface area contributed by atoms with E-state index in [0.717, 1.165) is 35.7 Å². The highest BCUT2D eigenvalue weighted by molar-refractivity contribution is 6.02. The topological polar surface area (TPSA) is 45.4 Å². The van der Waals surface area contributed by atoms with Gasteiger partial charge in [-0.1, -0.05) is 36.4 Å². The summed E-state index contributed by atoms with van der Waals surface area (Å²) in [4.78, 5) is 5.05. The molecule has 5 nitrogen and oxygen atoms in total. The molecule has 0 bridgehead atoms. The fraction of sp³-hybridized carbons (Fsp3) is 0.360. The Labute approximate surface area is 176 Å². The maximum atomic E-state index is 5.12. The van der Waals surface area contributed by atoms with Crippen molar-refractivity contribution < 1.29 is 4.63 Å². The fourth-order valence-electron chi connectivity index (χ4n) is 5.18. The largest absolute Gasteiger partial charge is 0.369 e. The third kappa shape index (κ3) is 2.96. The Hall–Kier alpha value is -2.92. The van der Waals surface area contributed by atoms with Crippen molar-refractivity contribution in [3.05, 3.63) is 54.1 Å². The van der Waals surface area contributed by atoms with Crippen LogP contribution in [0.15, 0.2) is 53.2 Å². The first-order valence-corrected chi connectivity index (χ1v) is 11.0. The molecule has 3 heterocycles. The van der Waals surface area contributed by atoms with Crippen LogP contribution in [-0.4, -0.2) is 47.9 Å². The summed E-state index contributed by atoms with van der Waals surface area (Å²) < 4.78 is 5.12. The van der Waals surface area contributed by atoms with Crippen LogP contribution in [0, 0.1) is 12.8 Å². The molecule has 0 unspecified atom stereocenters. The number of aromatic nitrogens is 2. The van der Waals surface area contributed by atoms with Crippen molar-refractivity contribution >= 4 is 27.5 Å². The van der Waals surface area contributed by atoms with E-state index in [9.17, 15) is 0 Å². The number of hydrogen-bond donors (Lipinski definition) is 0. The molecule has 6 rings (SSSR count). The molecular formula is C25H26N4O.